The lowest BCUT2D eigenvalue weighted by atomic mass is 9.94. The fraction of sp³-hybridized carbons (Fsp3) is 0.684. The number of hydrogen-bond donors (Lipinski definition) is 0. The maximum Gasteiger partial charge on any atom is 0.222 e. The van der Waals surface area contributed by atoms with Gasteiger partial charge in [-0.15, -0.1) is 0 Å². The molecular formula is C19H29N3O2. The molecule has 2 fully saturated rings. The zero-order valence-electron chi connectivity index (χ0n) is 14.9. The minimum atomic E-state index is 0.265. The number of rotatable bonds is 6. The van der Waals surface area contributed by atoms with Crippen molar-refractivity contribution in [1.29, 1.82) is 0 Å². The Labute approximate surface area is 145 Å². The monoisotopic (exact) mass is 331 g/mol. The second-order valence-corrected chi connectivity index (χ2v) is 7.30. The molecule has 0 unspecified atom stereocenters. The molecule has 2 aliphatic heterocycles. The van der Waals surface area contributed by atoms with Crippen LogP contribution in [0.3, 0.4) is 0 Å². The van der Waals surface area contributed by atoms with Crippen molar-refractivity contribution in [1.82, 2.24) is 14.8 Å². The Hall–Kier alpha value is -1.46. The van der Waals surface area contributed by atoms with Crippen LogP contribution in [0.2, 0.25) is 0 Å². The maximum atomic E-state index is 12.5. The lowest BCUT2D eigenvalue weighted by Crippen LogP contribution is -2.34. The predicted molar refractivity (Wildman–Crippen MR) is 93.5 cm³/mol. The molecular weight excluding hydrogens is 302 g/mol. The van der Waals surface area contributed by atoms with Crippen LogP contribution < -0.4 is 0 Å². The van der Waals surface area contributed by atoms with Gasteiger partial charge in [-0.2, -0.15) is 0 Å². The number of carbonyl (C=O) groups is 1. The highest BCUT2D eigenvalue weighted by Gasteiger charge is 2.34. The molecule has 2 saturated heterocycles. The first-order valence-electron chi connectivity index (χ1n) is 9.07. The van der Waals surface area contributed by atoms with Gasteiger partial charge in [0.1, 0.15) is 0 Å². The van der Waals surface area contributed by atoms with Gasteiger partial charge in [-0.05, 0) is 56.3 Å². The fourth-order valence-electron chi connectivity index (χ4n) is 4.08. The number of carbonyl (C=O) groups excluding carboxylic acids is 1. The molecule has 2 aliphatic rings. The van der Waals surface area contributed by atoms with E-state index in [2.05, 4.69) is 23.0 Å². The van der Waals surface area contributed by atoms with Crippen molar-refractivity contribution in [2.45, 2.75) is 31.7 Å². The first-order chi connectivity index (χ1) is 11.6. The van der Waals surface area contributed by atoms with Gasteiger partial charge in [0.25, 0.3) is 0 Å². The molecule has 0 N–H and O–H groups in total. The fourth-order valence-corrected chi connectivity index (χ4v) is 4.08. The molecule has 5 nitrogen and oxygen atoms in total. The van der Waals surface area contributed by atoms with Crippen molar-refractivity contribution in [3.63, 3.8) is 0 Å². The number of hydrogen-bond acceptors (Lipinski definition) is 4. The molecule has 0 saturated carbocycles. The van der Waals surface area contributed by atoms with Crippen LogP contribution in [0.25, 0.3) is 0 Å². The van der Waals surface area contributed by atoms with Crippen LogP contribution in [0.1, 0.15) is 37.3 Å². The zero-order chi connectivity index (χ0) is 16.9. The molecule has 0 aromatic carbocycles. The summed E-state index contributed by atoms with van der Waals surface area (Å²) < 4.78 is 5.40. The van der Waals surface area contributed by atoms with E-state index >= 15 is 0 Å². The van der Waals surface area contributed by atoms with E-state index in [1.54, 1.807) is 0 Å². The van der Waals surface area contributed by atoms with Gasteiger partial charge in [0.05, 0.1) is 0 Å². The second kappa shape index (κ2) is 8.08. The Morgan fingerprint density at radius 2 is 2.33 bits per heavy atom. The summed E-state index contributed by atoms with van der Waals surface area (Å²) in [6, 6.07) is 4.50. The summed E-state index contributed by atoms with van der Waals surface area (Å²) >= 11 is 0. The number of nitrogens with zero attached hydrogens (tertiary/aromatic N) is 3. The maximum absolute atomic E-state index is 12.5. The van der Waals surface area contributed by atoms with E-state index in [1.165, 1.54) is 5.56 Å². The van der Waals surface area contributed by atoms with E-state index in [0.29, 0.717) is 24.3 Å². The number of ether oxygens (including phenoxy) is 1. The first kappa shape index (κ1) is 17.4. The SMILES string of the molecule is CN(C[C@@H]1CCN(C)[C@H]1c1cccnc1)C(=O)CC[C@H]1CCOC1. The van der Waals surface area contributed by atoms with Gasteiger partial charge in [-0.3, -0.25) is 14.7 Å². The molecule has 3 atom stereocenters. The van der Waals surface area contributed by atoms with Crippen molar-refractivity contribution in [3.05, 3.63) is 30.1 Å². The highest BCUT2D eigenvalue weighted by Crippen LogP contribution is 2.36. The van der Waals surface area contributed by atoms with E-state index in [0.717, 1.165) is 45.6 Å². The molecule has 132 valence electrons. The zero-order valence-corrected chi connectivity index (χ0v) is 14.9. The van der Waals surface area contributed by atoms with Gasteiger partial charge in [0.15, 0.2) is 0 Å². The van der Waals surface area contributed by atoms with Gasteiger partial charge in [0.2, 0.25) is 5.91 Å². The molecule has 1 aromatic rings. The molecule has 0 aliphatic carbocycles. The number of amides is 1. The Morgan fingerprint density at radius 3 is 3.04 bits per heavy atom. The lowest BCUT2D eigenvalue weighted by Gasteiger charge is -2.29. The van der Waals surface area contributed by atoms with Gasteiger partial charge in [0, 0.05) is 51.7 Å². The van der Waals surface area contributed by atoms with Crippen molar-refractivity contribution < 1.29 is 9.53 Å². The molecule has 0 radical (unpaired) electrons. The van der Waals surface area contributed by atoms with E-state index in [9.17, 15) is 4.79 Å². The van der Waals surface area contributed by atoms with Crippen LogP contribution in [-0.2, 0) is 9.53 Å². The van der Waals surface area contributed by atoms with Crippen molar-refractivity contribution in [2.24, 2.45) is 11.8 Å². The third-order valence-electron chi connectivity index (χ3n) is 5.52. The van der Waals surface area contributed by atoms with E-state index in [4.69, 9.17) is 4.74 Å². The van der Waals surface area contributed by atoms with Crippen LogP contribution in [0.5, 0.6) is 0 Å². The minimum Gasteiger partial charge on any atom is -0.381 e. The molecule has 0 spiro atoms. The molecule has 24 heavy (non-hydrogen) atoms. The third kappa shape index (κ3) is 4.14. The third-order valence-corrected chi connectivity index (χ3v) is 5.52. The largest absolute Gasteiger partial charge is 0.381 e. The molecule has 1 amide bonds. The highest BCUT2D eigenvalue weighted by atomic mass is 16.5. The van der Waals surface area contributed by atoms with Crippen LogP contribution in [0.15, 0.2) is 24.5 Å². The Bertz CT molecular complexity index is 531. The summed E-state index contributed by atoms with van der Waals surface area (Å²) in [4.78, 5) is 21.1. The number of aromatic nitrogens is 1. The Balaban J connectivity index is 1.54. The highest BCUT2D eigenvalue weighted by molar-refractivity contribution is 5.75. The van der Waals surface area contributed by atoms with Crippen LogP contribution in [0, 0.1) is 11.8 Å². The average molecular weight is 331 g/mol. The normalized spacial score (nSPS) is 27.5. The molecule has 3 rings (SSSR count). The lowest BCUT2D eigenvalue weighted by molar-refractivity contribution is -0.130. The topological polar surface area (TPSA) is 45.7 Å². The van der Waals surface area contributed by atoms with Gasteiger partial charge < -0.3 is 9.64 Å². The summed E-state index contributed by atoms with van der Waals surface area (Å²) in [5.41, 5.74) is 1.26. The number of likely N-dealkylation sites (tertiary alicyclic amines) is 1. The second-order valence-electron chi connectivity index (χ2n) is 7.30. The van der Waals surface area contributed by atoms with E-state index in [1.807, 2.05) is 30.4 Å². The smallest absolute Gasteiger partial charge is 0.222 e. The van der Waals surface area contributed by atoms with Crippen LogP contribution in [0.4, 0.5) is 0 Å². The quantitative estimate of drug-likeness (QED) is 0.803. The Kier molecular flexibility index (Phi) is 5.85. The summed E-state index contributed by atoms with van der Waals surface area (Å²) in [6.45, 7) is 3.58. The number of pyridine rings is 1. The minimum absolute atomic E-state index is 0.265. The first-order valence-corrected chi connectivity index (χ1v) is 9.07. The summed E-state index contributed by atoms with van der Waals surface area (Å²) in [5.74, 6) is 1.31. The van der Waals surface area contributed by atoms with Crippen LogP contribution >= 0.6 is 0 Å². The molecule has 0 bridgehead atoms. The van der Waals surface area contributed by atoms with Crippen LogP contribution in [-0.4, -0.2) is 61.1 Å². The van der Waals surface area contributed by atoms with Crippen molar-refractivity contribution in [3.8, 4) is 0 Å². The standard InChI is InChI=1S/C19H29N3O2/c1-21-10-7-17(19(21)16-4-3-9-20-12-16)13-22(2)18(23)6-5-15-8-11-24-14-15/h3-4,9,12,15,17,19H,5-8,10-11,13-14H2,1-2H3/t15-,17-,19-/m0/s1. The van der Waals surface area contributed by atoms with Crippen molar-refractivity contribution >= 4 is 5.91 Å². The predicted octanol–water partition coefficient (Wildman–Crippen LogP) is 2.35. The van der Waals surface area contributed by atoms with E-state index < -0.39 is 0 Å². The van der Waals surface area contributed by atoms with Crippen molar-refractivity contribution in [2.75, 3.05) is 40.4 Å². The van der Waals surface area contributed by atoms with Gasteiger partial charge in [-0.1, -0.05) is 6.07 Å². The molecule has 3 heterocycles. The summed E-state index contributed by atoms with van der Waals surface area (Å²) in [7, 11) is 4.12. The van der Waals surface area contributed by atoms with Gasteiger partial charge in [-0.25, -0.2) is 0 Å². The summed E-state index contributed by atoms with van der Waals surface area (Å²) in [6.07, 6.45) is 7.61. The van der Waals surface area contributed by atoms with E-state index in [-0.39, 0.29) is 5.91 Å². The Morgan fingerprint density at radius 1 is 1.46 bits per heavy atom. The average Bonchev–Trinajstić information content (AvgIpc) is 3.23. The summed E-state index contributed by atoms with van der Waals surface area (Å²) in [5, 5.41) is 0. The molecule has 5 heteroatoms. The molecule has 1 aromatic heterocycles. The van der Waals surface area contributed by atoms with Gasteiger partial charge >= 0.3 is 0 Å².